The minimum Gasteiger partial charge on any atom is -0.339 e. The third-order valence-corrected chi connectivity index (χ3v) is 6.36. The first kappa shape index (κ1) is 20.5. The van der Waals surface area contributed by atoms with Crippen molar-refractivity contribution in [1.82, 2.24) is 24.5 Å². The number of hydrogen-bond acceptors (Lipinski definition) is 5. The fourth-order valence-electron chi connectivity index (χ4n) is 4.42. The second-order valence-corrected chi connectivity index (χ2v) is 8.35. The lowest BCUT2D eigenvalue weighted by atomic mass is 10.2. The Hall–Kier alpha value is -3.45. The first-order valence-corrected chi connectivity index (χ1v) is 11.1. The zero-order chi connectivity index (χ0) is 22.1. The quantitative estimate of drug-likeness (QED) is 0.481. The van der Waals surface area contributed by atoms with E-state index >= 15 is 0 Å². The molecule has 1 unspecified atom stereocenters. The van der Waals surface area contributed by atoms with Gasteiger partial charge >= 0.3 is 0 Å². The van der Waals surface area contributed by atoms with Crippen LogP contribution in [0.3, 0.4) is 0 Å². The first-order valence-electron chi connectivity index (χ1n) is 11.1. The normalized spacial score (nSPS) is 15.9. The number of fused-ring (bicyclic) bond motifs is 1. The Morgan fingerprint density at radius 2 is 1.75 bits per heavy atom. The Bertz CT molecular complexity index is 1220. The second-order valence-electron chi connectivity index (χ2n) is 8.35. The molecule has 0 aliphatic carbocycles. The number of carbonyl (C=O) groups is 1. The lowest BCUT2D eigenvalue weighted by Gasteiger charge is -2.37. The molecule has 1 fully saturated rings. The largest absolute Gasteiger partial charge is 0.339 e. The average molecular weight is 430 g/mol. The molecule has 0 saturated carbocycles. The zero-order valence-electron chi connectivity index (χ0n) is 18.4. The van der Waals surface area contributed by atoms with Gasteiger partial charge < -0.3 is 14.0 Å². The van der Waals surface area contributed by atoms with Crippen LogP contribution in [0.1, 0.15) is 24.6 Å². The first-order chi connectivity index (χ1) is 15.6. The Morgan fingerprint density at radius 3 is 2.53 bits per heavy atom. The molecular weight excluding hydrogens is 402 g/mol. The summed E-state index contributed by atoms with van der Waals surface area (Å²) in [5, 5.41) is 5.31. The highest BCUT2D eigenvalue weighted by Crippen LogP contribution is 2.24. The number of nitrogens with zero attached hydrogens (tertiary/aromatic N) is 5. The van der Waals surface area contributed by atoms with E-state index in [9.17, 15) is 4.79 Å². The Labute approximate surface area is 187 Å². The van der Waals surface area contributed by atoms with Gasteiger partial charge in [-0.05, 0) is 31.4 Å². The highest BCUT2D eigenvalue weighted by Gasteiger charge is 2.28. The molecule has 7 heteroatoms. The summed E-state index contributed by atoms with van der Waals surface area (Å²) in [6, 6.07) is 20.2. The Morgan fingerprint density at radius 1 is 1.03 bits per heavy atom. The molecule has 2 aromatic carbocycles. The van der Waals surface area contributed by atoms with E-state index in [1.165, 1.54) is 5.39 Å². The van der Waals surface area contributed by atoms with Gasteiger partial charge in [0.15, 0.2) is 0 Å². The van der Waals surface area contributed by atoms with Crippen LogP contribution in [0.25, 0.3) is 22.3 Å². The standard InChI is InChI=1S/C25H27N5O2/c1-18-16-21-10-6-7-11-22(21)30(18)17-23(31)29-14-12-28(13-15-29)19(2)25-26-24(27-32-25)20-8-4-3-5-9-20/h3-11,16,19H,12-15,17H2,1-2H3. The van der Waals surface area contributed by atoms with Crippen molar-refractivity contribution in [3.05, 3.63) is 72.2 Å². The molecule has 1 saturated heterocycles. The number of para-hydroxylation sites is 1. The van der Waals surface area contributed by atoms with Crippen LogP contribution in [0, 0.1) is 6.92 Å². The van der Waals surface area contributed by atoms with Crippen molar-refractivity contribution in [2.45, 2.75) is 26.4 Å². The number of aromatic nitrogens is 3. The summed E-state index contributed by atoms with van der Waals surface area (Å²) in [6.07, 6.45) is 0. The summed E-state index contributed by atoms with van der Waals surface area (Å²) >= 11 is 0. The van der Waals surface area contributed by atoms with Crippen molar-refractivity contribution in [2.24, 2.45) is 0 Å². The van der Waals surface area contributed by atoms with Gasteiger partial charge in [-0.3, -0.25) is 9.69 Å². The summed E-state index contributed by atoms with van der Waals surface area (Å²) in [5.41, 5.74) is 3.16. The van der Waals surface area contributed by atoms with Crippen molar-refractivity contribution in [3.8, 4) is 11.4 Å². The van der Waals surface area contributed by atoms with Gasteiger partial charge in [0.1, 0.15) is 6.54 Å². The van der Waals surface area contributed by atoms with Gasteiger partial charge in [0, 0.05) is 43.0 Å². The molecule has 2 aromatic heterocycles. The number of carbonyl (C=O) groups excluding carboxylic acids is 1. The molecule has 4 aromatic rings. The number of aryl methyl sites for hydroxylation is 1. The maximum absolute atomic E-state index is 13.0. The highest BCUT2D eigenvalue weighted by molar-refractivity contribution is 5.84. The van der Waals surface area contributed by atoms with E-state index in [1.807, 2.05) is 47.4 Å². The molecule has 0 spiro atoms. The molecule has 3 heterocycles. The zero-order valence-corrected chi connectivity index (χ0v) is 18.4. The molecule has 5 rings (SSSR count). The summed E-state index contributed by atoms with van der Waals surface area (Å²) in [6.45, 7) is 7.46. The fraction of sp³-hybridized carbons (Fsp3) is 0.320. The van der Waals surface area contributed by atoms with Gasteiger partial charge in [0.05, 0.1) is 6.04 Å². The van der Waals surface area contributed by atoms with Crippen molar-refractivity contribution in [1.29, 1.82) is 0 Å². The van der Waals surface area contributed by atoms with Crippen LogP contribution in [0.15, 0.2) is 65.2 Å². The molecule has 1 amide bonds. The van der Waals surface area contributed by atoms with Crippen molar-refractivity contribution in [3.63, 3.8) is 0 Å². The van der Waals surface area contributed by atoms with E-state index in [0.29, 0.717) is 31.3 Å². The second kappa shape index (κ2) is 8.59. The maximum atomic E-state index is 13.0. The third-order valence-electron chi connectivity index (χ3n) is 6.36. The van der Waals surface area contributed by atoms with Crippen molar-refractivity contribution in [2.75, 3.05) is 26.2 Å². The van der Waals surface area contributed by atoms with Gasteiger partial charge in [-0.1, -0.05) is 53.7 Å². The van der Waals surface area contributed by atoms with Crippen LogP contribution in [0.2, 0.25) is 0 Å². The van der Waals surface area contributed by atoms with E-state index < -0.39 is 0 Å². The SMILES string of the molecule is Cc1cc2ccccc2n1CC(=O)N1CCN(C(C)c2nc(-c3ccccc3)no2)CC1. The van der Waals surface area contributed by atoms with E-state index in [4.69, 9.17) is 4.52 Å². The van der Waals surface area contributed by atoms with Crippen LogP contribution < -0.4 is 0 Å². The fourth-order valence-corrected chi connectivity index (χ4v) is 4.42. The van der Waals surface area contributed by atoms with Gasteiger partial charge in [0.25, 0.3) is 0 Å². The summed E-state index contributed by atoms with van der Waals surface area (Å²) in [7, 11) is 0. The topological polar surface area (TPSA) is 67.4 Å². The molecule has 1 aliphatic rings. The van der Waals surface area contributed by atoms with Gasteiger partial charge in [-0.15, -0.1) is 0 Å². The van der Waals surface area contributed by atoms with Crippen LogP contribution in [-0.4, -0.2) is 56.6 Å². The maximum Gasteiger partial charge on any atom is 0.244 e. The summed E-state index contributed by atoms with van der Waals surface area (Å²) < 4.78 is 7.65. The lowest BCUT2D eigenvalue weighted by molar-refractivity contribution is -0.133. The summed E-state index contributed by atoms with van der Waals surface area (Å²) in [4.78, 5) is 21.9. The molecular formula is C25H27N5O2. The number of benzene rings is 2. The van der Waals surface area contributed by atoms with Crippen molar-refractivity contribution >= 4 is 16.8 Å². The average Bonchev–Trinajstić information content (AvgIpc) is 3.44. The Balaban J connectivity index is 1.21. The number of amides is 1. The van der Waals surface area contributed by atoms with Crippen molar-refractivity contribution < 1.29 is 9.32 Å². The monoisotopic (exact) mass is 429 g/mol. The molecule has 0 N–H and O–H groups in total. The smallest absolute Gasteiger partial charge is 0.244 e. The van der Waals surface area contributed by atoms with Crippen LogP contribution in [0.5, 0.6) is 0 Å². The molecule has 1 atom stereocenters. The predicted octanol–water partition coefficient (Wildman–Crippen LogP) is 3.91. The predicted molar refractivity (Wildman–Crippen MR) is 123 cm³/mol. The van der Waals surface area contributed by atoms with E-state index in [1.54, 1.807) is 0 Å². The molecule has 32 heavy (non-hydrogen) atoms. The Kier molecular flexibility index (Phi) is 5.49. The van der Waals surface area contributed by atoms with E-state index in [0.717, 1.165) is 29.9 Å². The van der Waals surface area contributed by atoms with Gasteiger partial charge in [0.2, 0.25) is 17.6 Å². The molecule has 164 valence electrons. The minimum atomic E-state index is 0.00727. The van der Waals surface area contributed by atoms with Gasteiger partial charge in [-0.25, -0.2) is 0 Å². The molecule has 1 aliphatic heterocycles. The molecule has 0 radical (unpaired) electrons. The number of rotatable bonds is 5. The van der Waals surface area contributed by atoms with E-state index in [-0.39, 0.29) is 11.9 Å². The van der Waals surface area contributed by atoms with Crippen LogP contribution >= 0.6 is 0 Å². The lowest BCUT2D eigenvalue weighted by Crippen LogP contribution is -2.50. The van der Waals surface area contributed by atoms with Gasteiger partial charge in [-0.2, -0.15) is 4.98 Å². The van der Waals surface area contributed by atoms with Crippen LogP contribution in [-0.2, 0) is 11.3 Å². The molecule has 7 nitrogen and oxygen atoms in total. The number of piperazine rings is 1. The van der Waals surface area contributed by atoms with Crippen LogP contribution in [0.4, 0.5) is 0 Å². The van der Waals surface area contributed by atoms with E-state index in [2.05, 4.69) is 51.7 Å². The third kappa shape index (κ3) is 3.91. The molecule has 0 bridgehead atoms. The highest BCUT2D eigenvalue weighted by atomic mass is 16.5. The summed E-state index contributed by atoms with van der Waals surface area (Å²) in [5.74, 6) is 1.37. The number of hydrogen-bond donors (Lipinski definition) is 0. The minimum absolute atomic E-state index is 0.00727.